The van der Waals surface area contributed by atoms with Gasteiger partial charge in [-0.15, -0.1) is 0 Å². The largest absolute Gasteiger partial charge is 0.481 e. The Hall–Kier alpha value is -2.89. The highest BCUT2D eigenvalue weighted by atomic mass is 19.4. The molecule has 1 aromatic carbocycles. The molecule has 0 atom stereocenters. The molecule has 0 aliphatic heterocycles. The molecule has 0 aliphatic rings. The van der Waals surface area contributed by atoms with E-state index < -0.39 is 41.2 Å². The van der Waals surface area contributed by atoms with E-state index in [9.17, 15) is 22.4 Å². The summed E-state index contributed by atoms with van der Waals surface area (Å²) in [4.78, 5) is 10.7. The molecule has 9 heteroatoms. The van der Waals surface area contributed by atoms with Crippen LogP contribution in [0.1, 0.15) is 17.0 Å². The van der Waals surface area contributed by atoms with Crippen molar-refractivity contribution in [2.45, 2.75) is 12.6 Å². The molecule has 114 valence electrons. The van der Waals surface area contributed by atoms with Gasteiger partial charge in [-0.25, -0.2) is 4.39 Å². The lowest BCUT2D eigenvalue weighted by Crippen LogP contribution is -2.08. The van der Waals surface area contributed by atoms with Gasteiger partial charge in [0, 0.05) is 5.56 Å². The summed E-state index contributed by atoms with van der Waals surface area (Å²) in [7, 11) is 0. The van der Waals surface area contributed by atoms with Crippen LogP contribution in [-0.4, -0.2) is 21.3 Å². The van der Waals surface area contributed by atoms with Crippen LogP contribution in [0.5, 0.6) is 0 Å². The summed E-state index contributed by atoms with van der Waals surface area (Å²) < 4.78 is 52.2. The first-order chi connectivity index (χ1) is 10.2. The summed E-state index contributed by atoms with van der Waals surface area (Å²) in [6.07, 6.45) is -5.55. The Morgan fingerprint density at radius 3 is 2.64 bits per heavy atom. The molecule has 1 aromatic heterocycles. The first-order valence-electron chi connectivity index (χ1n) is 5.80. The number of hydrogen-bond donors (Lipinski definition) is 2. The van der Waals surface area contributed by atoms with Crippen molar-refractivity contribution >= 4 is 5.97 Å². The maximum atomic E-state index is 13.3. The van der Waals surface area contributed by atoms with E-state index in [1.807, 2.05) is 5.10 Å². The highest BCUT2D eigenvalue weighted by molar-refractivity contribution is 5.77. The normalized spacial score (nSPS) is 11.2. The van der Waals surface area contributed by atoms with Crippen molar-refractivity contribution < 1.29 is 27.5 Å². The first kappa shape index (κ1) is 15.5. The van der Waals surface area contributed by atoms with Crippen LogP contribution in [0.4, 0.5) is 17.6 Å². The number of carboxylic acid groups (broad SMARTS) is 1. The van der Waals surface area contributed by atoms with Crippen molar-refractivity contribution in [3.05, 3.63) is 41.0 Å². The van der Waals surface area contributed by atoms with Gasteiger partial charge in [0.2, 0.25) is 0 Å². The van der Waals surface area contributed by atoms with Crippen LogP contribution in [0, 0.1) is 17.1 Å². The Morgan fingerprint density at radius 2 is 2.09 bits per heavy atom. The van der Waals surface area contributed by atoms with Crippen molar-refractivity contribution in [3.8, 4) is 17.2 Å². The minimum atomic E-state index is -4.83. The molecule has 2 N–H and O–H groups in total. The van der Waals surface area contributed by atoms with Crippen LogP contribution in [-0.2, 0) is 17.4 Å². The summed E-state index contributed by atoms with van der Waals surface area (Å²) in [6, 6.07) is 4.30. The number of nitrogens with one attached hydrogen (secondary N) is 1. The van der Waals surface area contributed by atoms with Crippen LogP contribution >= 0.6 is 0 Å². The SMILES string of the molecule is N#Cc1cc(-c2c(C(F)(F)F)n[nH]c2CC(=O)O)ccc1F. The molecule has 2 aromatic rings. The predicted molar refractivity (Wildman–Crippen MR) is 65.0 cm³/mol. The third-order valence-corrected chi connectivity index (χ3v) is 2.81. The Labute approximate surface area is 120 Å². The van der Waals surface area contributed by atoms with E-state index in [1.165, 1.54) is 6.07 Å². The molecule has 0 unspecified atom stereocenters. The minimum absolute atomic E-state index is 0.143. The topological polar surface area (TPSA) is 89.8 Å². The molecule has 0 spiro atoms. The van der Waals surface area contributed by atoms with Crippen molar-refractivity contribution in [2.24, 2.45) is 0 Å². The highest BCUT2D eigenvalue weighted by Gasteiger charge is 2.38. The standard InChI is InChI=1S/C13H7F4N3O2/c14-8-2-1-6(3-7(8)5-18)11-9(4-10(21)22)19-20-12(11)13(15,16)17/h1-3H,4H2,(H,19,20)(H,21,22). The van der Waals surface area contributed by atoms with Crippen LogP contribution in [0.2, 0.25) is 0 Å². The summed E-state index contributed by atoms with van der Waals surface area (Å²) >= 11 is 0. The van der Waals surface area contributed by atoms with Gasteiger partial charge < -0.3 is 5.11 Å². The van der Waals surface area contributed by atoms with Gasteiger partial charge in [0.05, 0.1) is 17.7 Å². The van der Waals surface area contributed by atoms with Gasteiger partial charge in [-0.1, -0.05) is 6.07 Å². The Kier molecular flexibility index (Phi) is 3.86. The molecule has 0 saturated heterocycles. The number of nitriles is 1. The zero-order valence-electron chi connectivity index (χ0n) is 10.7. The molecule has 0 fully saturated rings. The van der Waals surface area contributed by atoms with Crippen LogP contribution in [0.15, 0.2) is 18.2 Å². The number of H-pyrrole nitrogens is 1. The van der Waals surface area contributed by atoms with E-state index in [2.05, 4.69) is 5.10 Å². The fourth-order valence-electron chi connectivity index (χ4n) is 1.94. The number of aromatic nitrogens is 2. The second kappa shape index (κ2) is 5.48. The lowest BCUT2D eigenvalue weighted by molar-refractivity contribution is -0.141. The van der Waals surface area contributed by atoms with Gasteiger partial charge in [-0.3, -0.25) is 9.89 Å². The number of aliphatic carboxylic acids is 1. The van der Waals surface area contributed by atoms with Crippen molar-refractivity contribution in [1.29, 1.82) is 5.26 Å². The number of carboxylic acids is 1. The van der Waals surface area contributed by atoms with Gasteiger partial charge in [0.15, 0.2) is 5.69 Å². The summed E-state index contributed by atoms with van der Waals surface area (Å²) in [6.45, 7) is 0. The highest BCUT2D eigenvalue weighted by Crippen LogP contribution is 2.38. The molecular weight excluding hydrogens is 306 g/mol. The fraction of sp³-hybridized carbons (Fsp3) is 0.154. The van der Waals surface area contributed by atoms with Gasteiger partial charge in [-0.05, 0) is 17.7 Å². The monoisotopic (exact) mass is 313 g/mol. The van der Waals surface area contributed by atoms with Crippen LogP contribution < -0.4 is 0 Å². The molecule has 0 amide bonds. The zero-order valence-corrected chi connectivity index (χ0v) is 10.7. The molecule has 1 heterocycles. The number of aromatic amines is 1. The van der Waals surface area contributed by atoms with Gasteiger partial charge >= 0.3 is 12.1 Å². The van der Waals surface area contributed by atoms with E-state index in [0.29, 0.717) is 0 Å². The second-order valence-electron chi connectivity index (χ2n) is 4.30. The van der Waals surface area contributed by atoms with Crippen LogP contribution in [0.25, 0.3) is 11.1 Å². The smallest absolute Gasteiger partial charge is 0.435 e. The number of nitrogens with zero attached hydrogens (tertiary/aromatic N) is 2. The number of rotatable bonds is 3. The average molecular weight is 313 g/mol. The second-order valence-corrected chi connectivity index (χ2v) is 4.30. The number of benzene rings is 1. The maximum Gasteiger partial charge on any atom is 0.435 e. The number of halogens is 4. The van der Waals surface area contributed by atoms with Crippen LogP contribution in [0.3, 0.4) is 0 Å². The quantitative estimate of drug-likeness (QED) is 0.853. The molecule has 0 aliphatic carbocycles. The lowest BCUT2D eigenvalue weighted by atomic mass is 9.99. The summed E-state index contributed by atoms with van der Waals surface area (Å²) in [5, 5.41) is 22.6. The molecule has 0 bridgehead atoms. The van der Waals surface area contributed by atoms with Crippen molar-refractivity contribution in [2.75, 3.05) is 0 Å². The molecule has 22 heavy (non-hydrogen) atoms. The number of alkyl halides is 3. The third kappa shape index (κ3) is 2.90. The zero-order chi connectivity index (χ0) is 16.5. The maximum absolute atomic E-state index is 13.3. The van der Waals surface area contributed by atoms with Crippen molar-refractivity contribution in [1.82, 2.24) is 10.2 Å². The minimum Gasteiger partial charge on any atom is -0.481 e. The number of carbonyl (C=O) groups is 1. The third-order valence-electron chi connectivity index (χ3n) is 2.81. The van der Waals surface area contributed by atoms with Gasteiger partial charge in [0.1, 0.15) is 11.9 Å². The predicted octanol–water partition coefficient (Wildman–Crippen LogP) is 2.73. The Balaban J connectivity index is 2.69. The summed E-state index contributed by atoms with van der Waals surface area (Å²) in [5.41, 5.74) is -2.70. The molecule has 2 rings (SSSR count). The summed E-state index contributed by atoms with van der Waals surface area (Å²) in [5.74, 6) is -2.25. The van der Waals surface area contributed by atoms with Crippen molar-refractivity contribution in [3.63, 3.8) is 0 Å². The Bertz CT molecular complexity index is 775. The van der Waals surface area contributed by atoms with E-state index >= 15 is 0 Å². The van der Waals surface area contributed by atoms with Gasteiger partial charge in [0.25, 0.3) is 0 Å². The molecule has 0 radical (unpaired) electrons. The lowest BCUT2D eigenvalue weighted by Gasteiger charge is -2.08. The van der Waals surface area contributed by atoms with E-state index in [4.69, 9.17) is 10.4 Å². The van der Waals surface area contributed by atoms with E-state index in [1.54, 1.807) is 0 Å². The number of hydrogen-bond acceptors (Lipinski definition) is 3. The molecule has 0 saturated carbocycles. The first-order valence-corrected chi connectivity index (χ1v) is 5.80. The molecular formula is C13H7F4N3O2. The fourth-order valence-corrected chi connectivity index (χ4v) is 1.94. The van der Waals surface area contributed by atoms with E-state index in [0.717, 1.165) is 18.2 Å². The average Bonchev–Trinajstić information content (AvgIpc) is 2.82. The van der Waals surface area contributed by atoms with Gasteiger partial charge in [-0.2, -0.15) is 23.5 Å². The van der Waals surface area contributed by atoms with E-state index in [-0.39, 0.29) is 11.3 Å². The Morgan fingerprint density at radius 1 is 1.41 bits per heavy atom. The molecule has 5 nitrogen and oxygen atoms in total.